The molecule has 0 radical (unpaired) electrons. The number of carbonyl (C=O) groups is 1. The molecule has 0 bridgehead atoms. The lowest BCUT2D eigenvalue weighted by Gasteiger charge is -2.36. The van der Waals surface area contributed by atoms with Crippen molar-refractivity contribution in [2.45, 2.75) is 25.3 Å². The molecular weight excluding hydrogens is 256 g/mol. The summed E-state index contributed by atoms with van der Waals surface area (Å²) in [5.41, 5.74) is 0.229. The summed E-state index contributed by atoms with van der Waals surface area (Å²) in [6, 6.07) is 7.61. The van der Waals surface area contributed by atoms with Gasteiger partial charge in [-0.15, -0.1) is 0 Å². The van der Waals surface area contributed by atoms with Crippen molar-refractivity contribution in [3.8, 4) is 5.75 Å². The fourth-order valence-corrected chi connectivity index (χ4v) is 2.48. The molecule has 110 valence electrons. The van der Waals surface area contributed by atoms with E-state index < -0.39 is 5.54 Å². The van der Waals surface area contributed by atoms with E-state index in [-0.39, 0.29) is 5.97 Å². The molecule has 0 aliphatic carbocycles. The summed E-state index contributed by atoms with van der Waals surface area (Å²) in [4.78, 5) is 12.3. The third-order valence-corrected chi connectivity index (χ3v) is 3.58. The Kier molecular flexibility index (Phi) is 4.84. The topological polar surface area (TPSA) is 59.6 Å². The largest absolute Gasteiger partial charge is 0.497 e. The molecule has 0 atom stereocenters. The standard InChI is InChI=1S/C15H22N2O3/c1-3-20-14(18)15(7-9-16-10-8-15)17-12-5-4-6-13(11-12)19-2/h4-6,11,16-17H,3,7-10H2,1-2H3. The summed E-state index contributed by atoms with van der Waals surface area (Å²) in [5, 5.41) is 6.63. The first-order valence-electron chi connectivity index (χ1n) is 7.00. The van der Waals surface area contributed by atoms with Crippen molar-refractivity contribution in [1.29, 1.82) is 0 Å². The Morgan fingerprint density at radius 3 is 2.80 bits per heavy atom. The lowest BCUT2D eigenvalue weighted by molar-refractivity contribution is -0.149. The van der Waals surface area contributed by atoms with Gasteiger partial charge in [-0.25, -0.2) is 4.79 Å². The van der Waals surface area contributed by atoms with Crippen LogP contribution in [-0.4, -0.2) is 38.3 Å². The highest BCUT2D eigenvalue weighted by molar-refractivity contribution is 5.85. The minimum absolute atomic E-state index is 0.177. The first-order valence-corrected chi connectivity index (χ1v) is 7.00. The van der Waals surface area contributed by atoms with Crippen LogP contribution in [0.5, 0.6) is 5.75 Å². The number of hydrogen-bond acceptors (Lipinski definition) is 5. The summed E-state index contributed by atoms with van der Waals surface area (Å²) < 4.78 is 10.5. The van der Waals surface area contributed by atoms with Crippen molar-refractivity contribution in [2.75, 3.05) is 32.1 Å². The SMILES string of the molecule is CCOC(=O)C1(Nc2cccc(OC)c2)CCNCC1. The highest BCUT2D eigenvalue weighted by Crippen LogP contribution is 2.27. The van der Waals surface area contributed by atoms with Gasteiger partial charge >= 0.3 is 5.97 Å². The van der Waals surface area contributed by atoms with E-state index in [1.807, 2.05) is 31.2 Å². The normalized spacial score (nSPS) is 17.3. The molecule has 1 aliphatic rings. The van der Waals surface area contributed by atoms with E-state index in [1.165, 1.54) is 0 Å². The number of anilines is 1. The Morgan fingerprint density at radius 2 is 2.15 bits per heavy atom. The van der Waals surface area contributed by atoms with Gasteiger partial charge < -0.3 is 20.1 Å². The maximum atomic E-state index is 12.3. The molecule has 0 amide bonds. The van der Waals surface area contributed by atoms with E-state index in [0.717, 1.165) is 24.5 Å². The second-order valence-electron chi connectivity index (χ2n) is 4.91. The number of nitrogens with one attached hydrogen (secondary N) is 2. The van der Waals surface area contributed by atoms with Crippen LogP contribution < -0.4 is 15.4 Å². The van der Waals surface area contributed by atoms with Crippen LogP contribution >= 0.6 is 0 Å². The highest BCUT2D eigenvalue weighted by atomic mass is 16.5. The Morgan fingerprint density at radius 1 is 1.40 bits per heavy atom. The summed E-state index contributed by atoms with van der Waals surface area (Å²) in [7, 11) is 1.63. The van der Waals surface area contributed by atoms with Crippen molar-refractivity contribution >= 4 is 11.7 Å². The zero-order valence-electron chi connectivity index (χ0n) is 12.1. The number of methoxy groups -OCH3 is 1. The average Bonchev–Trinajstić information content (AvgIpc) is 2.48. The molecule has 0 spiro atoms. The Bertz CT molecular complexity index is 456. The smallest absolute Gasteiger partial charge is 0.331 e. The number of rotatable bonds is 5. The fourth-order valence-electron chi connectivity index (χ4n) is 2.48. The molecule has 0 saturated carbocycles. The van der Waals surface area contributed by atoms with Crippen LogP contribution in [0.15, 0.2) is 24.3 Å². The summed E-state index contributed by atoms with van der Waals surface area (Å²) in [6.45, 7) is 3.83. The third kappa shape index (κ3) is 3.22. The number of hydrogen-bond donors (Lipinski definition) is 2. The van der Waals surface area contributed by atoms with Gasteiger partial charge in [0.05, 0.1) is 13.7 Å². The minimum atomic E-state index is -0.645. The summed E-state index contributed by atoms with van der Waals surface area (Å²) >= 11 is 0. The molecule has 5 heteroatoms. The molecule has 1 fully saturated rings. The van der Waals surface area contributed by atoms with Gasteiger partial charge in [0.1, 0.15) is 11.3 Å². The maximum absolute atomic E-state index is 12.3. The maximum Gasteiger partial charge on any atom is 0.331 e. The second kappa shape index (κ2) is 6.61. The number of esters is 1. The Labute approximate surface area is 119 Å². The van der Waals surface area contributed by atoms with Gasteiger partial charge in [0.15, 0.2) is 0 Å². The zero-order valence-corrected chi connectivity index (χ0v) is 12.1. The molecule has 1 heterocycles. The van der Waals surface area contributed by atoms with Gasteiger partial charge in [-0.1, -0.05) is 6.07 Å². The van der Waals surface area contributed by atoms with Crippen molar-refractivity contribution in [2.24, 2.45) is 0 Å². The van der Waals surface area contributed by atoms with Crippen LogP contribution in [0.25, 0.3) is 0 Å². The van der Waals surface area contributed by atoms with E-state index in [2.05, 4.69) is 10.6 Å². The van der Waals surface area contributed by atoms with Gasteiger partial charge in [-0.2, -0.15) is 0 Å². The molecule has 1 aromatic rings. The minimum Gasteiger partial charge on any atom is -0.497 e. The zero-order chi connectivity index (χ0) is 14.4. The van der Waals surface area contributed by atoms with E-state index in [9.17, 15) is 4.79 Å². The molecule has 1 aromatic carbocycles. The predicted molar refractivity (Wildman–Crippen MR) is 78.1 cm³/mol. The van der Waals surface area contributed by atoms with E-state index in [0.29, 0.717) is 19.4 Å². The van der Waals surface area contributed by atoms with E-state index in [1.54, 1.807) is 7.11 Å². The lowest BCUT2D eigenvalue weighted by atomic mass is 9.88. The highest BCUT2D eigenvalue weighted by Gasteiger charge is 2.41. The van der Waals surface area contributed by atoms with Crippen LogP contribution in [0, 0.1) is 0 Å². The van der Waals surface area contributed by atoms with Crippen molar-refractivity contribution < 1.29 is 14.3 Å². The monoisotopic (exact) mass is 278 g/mol. The van der Waals surface area contributed by atoms with Crippen molar-refractivity contribution in [3.63, 3.8) is 0 Å². The Hall–Kier alpha value is -1.75. The molecule has 20 heavy (non-hydrogen) atoms. The summed E-state index contributed by atoms with van der Waals surface area (Å²) in [6.07, 6.45) is 1.42. The lowest BCUT2D eigenvalue weighted by Crippen LogP contribution is -2.54. The number of ether oxygens (including phenoxy) is 2. The second-order valence-corrected chi connectivity index (χ2v) is 4.91. The molecule has 2 rings (SSSR count). The number of carbonyl (C=O) groups excluding carboxylic acids is 1. The first kappa shape index (κ1) is 14.7. The van der Waals surface area contributed by atoms with Crippen LogP contribution in [0.2, 0.25) is 0 Å². The number of benzene rings is 1. The van der Waals surface area contributed by atoms with Gasteiger partial charge in [0, 0.05) is 11.8 Å². The average molecular weight is 278 g/mol. The van der Waals surface area contributed by atoms with Gasteiger partial charge in [-0.05, 0) is 45.0 Å². The van der Waals surface area contributed by atoms with Crippen LogP contribution in [0.4, 0.5) is 5.69 Å². The van der Waals surface area contributed by atoms with Gasteiger partial charge in [0.2, 0.25) is 0 Å². The molecular formula is C15H22N2O3. The van der Waals surface area contributed by atoms with Crippen LogP contribution in [0.3, 0.4) is 0 Å². The molecule has 0 unspecified atom stereocenters. The van der Waals surface area contributed by atoms with Crippen molar-refractivity contribution in [1.82, 2.24) is 5.32 Å². The Balaban J connectivity index is 2.20. The fraction of sp³-hybridized carbons (Fsp3) is 0.533. The van der Waals surface area contributed by atoms with E-state index in [4.69, 9.17) is 9.47 Å². The molecule has 2 N–H and O–H groups in total. The molecule has 5 nitrogen and oxygen atoms in total. The van der Waals surface area contributed by atoms with E-state index >= 15 is 0 Å². The number of piperidine rings is 1. The van der Waals surface area contributed by atoms with Crippen LogP contribution in [-0.2, 0) is 9.53 Å². The van der Waals surface area contributed by atoms with Gasteiger partial charge in [-0.3, -0.25) is 0 Å². The predicted octanol–water partition coefficient (Wildman–Crippen LogP) is 1.79. The molecule has 1 aliphatic heterocycles. The third-order valence-electron chi connectivity index (χ3n) is 3.58. The van der Waals surface area contributed by atoms with Crippen LogP contribution in [0.1, 0.15) is 19.8 Å². The first-order chi connectivity index (χ1) is 9.70. The van der Waals surface area contributed by atoms with Crippen molar-refractivity contribution in [3.05, 3.63) is 24.3 Å². The van der Waals surface area contributed by atoms with Gasteiger partial charge in [0.25, 0.3) is 0 Å². The quantitative estimate of drug-likeness (QED) is 0.804. The summed E-state index contributed by atoms with van der Waals surface area (Å²) in [5.74, 6) is 0.590. The molecule has 1 saturated heterocycles. The molecule has 0 aromatic heterocycles.